The summed E-state index contributed by atoms with van der Waals surface area (Å²) < 4.78 is 27.0. The Morgan fingerprint density at radius 2 is 1.74 bits per heavy atom. The van der Waals surface area contributed by atoms with E-state index in [1.54, 1.807) is 24.3 Å². The fraction of sp³-hybridized carbons (Fsp3) is 0.381. The quantitative estimate of drug-likeness (QED) is 0.731. The summed E-state index contributed by atoms with van der Waals surface area (Å²) in [5.74, 6) is 0.357. The van der Waals surface area contributed by atoms with E-state index in [0.717, 1.165) is 30.4 Å². The number of hydrogen-bond donors (Lipinski definition) is 2. The van der Waals surface area contributed by atoms with Crippen LogP contribution in [0.4, 0.5) is 0 Å². The summed E-state index contributed by atoms with van der Waals surface area (Å²) in [6.07, 6.45) is 2.66. The Hall–Kier alpha value is -2.18. The Morgan fingerprint density at radius 3 is 2.37 bits per heavy atom. The fourth-order valence-electron chi connectivity index (χ4n) is 2.91. The minimum atomic E-state index is -3.44. The summed E-state index contributed by atoms with van der Waals surface area (Å²) in [7, 11) is -3.44. The third-order valence-corrected chi connectivity index (χ3v) is 6.01. The zero-order valence-corrected chi connectivity index (χ0v) is 16.6. The predicted molar refractivity (Wildman–Crippen MR) is 106 cm³/mol. The van der Waals surface area contributed by atoms with Crippen molar-refractivity contribution in [2.24, 2.45) is 5.92 Å². The van der Waals surface area contributed by atoms with E-state index < -0.39 is 10.0 Å². The number of nitrogens with one attached hydrogen (secondary N) is 2. The molecule has 0 heterocycles. The molecule has 0 spiro atoms. The molecule has 0 saturated heterocycles. The van der Waals surface area contributed by atoms with Gasteiger partial charge in [-0.15, -0.1) is 0 Å². The zero-order chi connectivity index (χ0) is 19.4. The van der Waals surface area contributed by atoms with E-state index in [9.17, 15) is 13.2 Å². The molecule has 2 aromatic carbocycles. The second-order valence-corrected chi connectivity index (χ2v) is 9.19. The van der Waals surface area contributed by atoms with E-state index in [-0.39, 0.29) is 16.8 Å². The van der Waals surface area contributed by atoms with Gasteiger partial charge in [-0.05, 0) is 54.5 Å². The third-order valence-electron chi connectivity index (χ3n) is 4.48. The topological polar surface area (TPSA) is 75.3 Å². The monoisotopic (exact) mass is 386 g/mol. The largest absolute Gasteiger partial charge is 0.348 e. The van der Waals surface area contributed by atoms with Crippen LogP contribution in [0.2, 0.25) is 0 Å². The number of amides is 1. The van der Waals surface area contributed by atoms with Crippen molar-refractivity contribution in [1.82, 2.24) is 10.0 Å². The van der Waals surface area contributed by atoms with Gasteiger partial charge in [0.25, 0.3) is 5.91 Å². The Balaban J connectivity index is 1.62. The predicted octanol–water partition coefficient (Wildman–Crippen LogP) is 3.26. The van der Waals surface area contributed by atoms with Crippen molar-refractivity contribution in [1.29, 1.82) is 0 Å². The van der Waals surface area contributed by atoms with Gasteiger partial charge in [0.05, 0.1) is 4.90 Å². The van der Waals surface area contributed by atoms with Crippen LogP contribution in [0.15, 0.2) is 53.4 Å². The highest BCUT2D eigenvalue weighted by atomic mass is 32.2. The summed E-state index contributed by atoms with van der Waals surface area (Å²) in [4.78, 5) is 12.8. The normalized spacial score (nSPS) is 14.3. The minimum absolute atomic E-state index is 0.0832. The van der Waals surface area contributed by atoms with Crippen LogP contribution < -0.4 is 10.0 Å². The average Bonchev–Trinajstić information content (AvgIpc) is 3.43. The molecule has 1 aliphatic carbocycles. The number of rotatable bonds is 8. The van der Waals surface area contributed by atoms with Crippen LogP contribution in [0.3, 0.4) is 0 Å². The molecule has 1 aliphatic rings. The molecular weight excluding hydrogens is 360 g/mol. The van der Waals surface area contributed by atoms with Gasteiger partial charge < -0.3 is 5.32 Å². The molecule has 144 valence electrons. The number of sulfonamides is 1. The smallest absolute Gasteiger partial charge is 0.251 e. The van der Waals surface area contributed by atoms with Crippen molar-refractivity contribution in [3.8, 4) is 0 Å². The Kier molecular flexibility index (Phi) is 5.97. The third kappa shape index (κ3) is 5.40. The van der Waals surface area contributed by atoms with Crippen molar-refractivity contribution in [3.05, 3.63) is 65.2 Å². The fourth-order valence-corrected chi connectivity index (χ4v) is 4.22. The molecule has 27 heavy (non-hydrogen) atoms. The highest BCUT2D eigenvalue weighted by Crippen LogP contribution is 2.22. The maximum Gasteiger partial charge on any atom is 0.251 e. The summed E-state index contributed by atoms with van der Waals surface area (Å²) in [5.41, 5.74) is 2.59. The van der Waals surface area contributed by atoms with Crippen molar-refractivity contribution in [2.75, 3.05) is 0 Å². The lowest BCUT2D eigenvalue weighted by Crippen LogP contribution is -2.26. The van der Waals surface area contributed by atoms with Crippen molar-refractivity contribution in [2.45, 2.75) is 50.6 Å². The van der Waals surface area contributed by atoms with E-state index in [1.807, 2.05) is 24.3 Å². The van der Waals surface area contributed by atoms with E-state index in [4.69, 9.17) is 0 Å². The summed E-state index contributed by atoms with van der Waals surface area (Å²) in [5, 5.41) is 2.93. The molecule has 0 unspecified atom stereocenters. The van der Waals surface area contributed by atoms with Gasteiger partial charge in [0, 0.05) is 18.2 Å². The second-order valence-electron chi connectivity index (χ2n) is 7.48. The summed E-state index contributed by atoms with van der Waals surface area (Å²) >= 11 is 0. The summed E-state index contributed by atoms with van der Waals surface area (Å²) in [6.45, 7) is 4.61. The van der Waals surface area contributed by atoms with Gasteiger partial charge in [-0.2, -0.15) is 0 Å². The first-order valence-corrected chi connectivity index (χ1v) is 10.8. The first kappa shape index (κ1) is 19.6. The van der Waals surface area contributed by atoms with Gasteiger partial charge in [0.1, 0.15) is 0 Å². The molecule has 2 N–H and O–H groups in total. The lowest BCUT2D eigenvalue weighted by atomic mass is 9.97. The second kappa shape index (κ2) is 8.23. The SMILES string of the molecule is CC(C)Cc1ccccc1C(=O)NCc1ccc(S(=O)(=O)NC2CC2)cc1. The molecule has 1 saturated carbocycles. The molecular formula is C21H26N2O3S. The van der Waals surface area contributed by atoms with Crippen LogP contribution in [0, 0.1) is 5.92 Å². The van der Waals surface area contributed by atoms with Crippen molar-refractivity contribution >= 4 is 15.9 Å². The van der Waals surface area contributed by atoms with Crippen molar-refractivity contribution in [3.63, 3.8) is 0 Å². The molecule has 0 radical (unpaired) electrons. The molecule has 3 rings (SSSR count). The molecule has 0 bridgehead atoms. The standard InChI is InChI=1S/C21H26N2O3S/c1-15(2)13-17-5-3-4-6-20(17)21(24)22-14-16-7-11-19(12-8-16)27(25,26)23-18-9-10-18/h3-8,11-12,15,18,23H,9-10,13-14H2,1-2H3,(H,22,24). The lowest BCUT2D eigenvalue weighted by Gasteiger charge is -2.12. The molecule has 1 amide bonds. The van der Waals surface area contributed by atoms with Crippen LogP contribution >= 0.6 is 0 Å². The van der Waals surface area contributed by atoms with Gasteiger partial charge in [-0.3, -0.25) is 4.79 Å². The molecule has 0 aromatic heterocycles. The minimum Gasteiger partial charge on any atom is -0.348 e. The van der Waals surface area contributed by atoms with Gasteiger partial charge in [-0.1, -0.05) is 44.2 Å². The molecule has 2 aromatic rings. The maximum atomic E-state index is 12.6. The van der Waals surface area contributed by atoms with E-state index in [2.05, 4.69) is 23.9 Å². The molecule has 0 aliphatic heterocycles. The summed E-state index contributed by atoms with van der Waals surface area (Å²) in [6, 6.07) is 14.4. The highest BCUT2D eigenvalue weighted by Gasteiger charge is 2.27. The molecule has 6 heteroatoms. The molecule has 5 nitrogen and oxygen atoms in total. The van der Waals surface area contributed by atoms with Crippen LogP contribution in [-0.2, 0) is 23.0 Å². The maximum absolute atomic E-state index is 12.6. The molecule has 1 fully saturated rings. The van der Waals surface area contributed by atoms with E-state index in [0.29, 0.717) is 18.0 Å². The van der Waals surface area contributed by atoms with E-state index >= 15 is 0 Å². The lowest BCUT2D eigenvalue weighted by molar-refractivity contribution is 0.0950. The Bertz CT molecular complexity index is 901. The van der Waals surface area contributed by atoms with Gasteiger partial charge >= 0.3 is 0 Å². The van der Waals surface area contributed by atoms with Gasteiger partial charge in [0.15, 0.2) is 0 Å². The first-order chi connectivity index (χ1) is 12.8. The van der Waals surface area contributed by atoms with Crippen LogP contribution in [-0.4, -0.2) is 20.4 Å². The number of carbonyl (C=O) groups is 1. The van der Waals surface area contributed by atoms with Crippen LogP contribution in [0.25, 0.3) is 0 Å². The number of hydrogen-bond acceptors (Lipinski definition) is 3. The average molecular weight is 387 g/mol. The number of carbonyl (C=O) groups excluding carboxylic acids is 1. The highest BCUT2D eigenvalue weighted by molar-refractivity contribution is 7.89. The van der Waals surface area contributed by atoms with E-state index in [1.165, 1.54) is 0 Å². The zero-order valence-electron chi connectivity index (χ0n) is 15.7. The Labute approximate surface area is 161 Å². The Morgan fingerprint density at radius 1 is 1.07 bits per heavy atom. The number of benzene rings is 2. The van der Waals surface area contributed by atoms with Gasteiger partial charge in [0.2, 0.25) is 10.0 Å². The van der Waals surface area contributed by atoms with Gasteiger partial charge in [-0.25, -0.2) is 13.1 Å². The molecule has 0 atom stereocenters. The van der Waals surface area contributed by atoms with Crippen molar-refractivity contribution < 1.29 is 13.2 Å². The first-order valence-electron chi connectivity index (χ1n) is 9.32. The van der Waals surface area contributed by atoms with Crippen LogP contribution in [0.5, 0.6) is 0 Å². The van der Waals surface area contributed by atoms with Crippen LogP contribution in [0.1, 0.15) is 48.2 Å².